The quantitative estimate of drug-likeness (QED) is 0.748. The fourth-order valence-corrected chi connectivity index (χ4v) is 1.87. The van der Waals surface area contributed by atoms with Crippen LogP contribution in [0.25, 0.3) is 0 Å². The Morgan fingerprint density at radius 1 is 1.60 bits per heavy atom. The van der Waals surface area contributed by atoms with Crippen molar-refractivity contribution in [3.63, 3.8) is 0 Å². The van der Waals surface area contributed by atoms with Crippen molar-refractivity contribution >= 4 is 5.78 Å². The third-order valence-corrected chi connectivity index (χ3v) is 2.71. The number of hydrogen-bond acceptors (Lipinski definition) is 3. The van der Waals surface area contributed by atoms with Crippen LogP contribution in [0.2, 0.25) is 0 Å². The van der Waals surface area contributed by atoms with Crippen LogP contribution in [0.4, 0.5) is 0 Å². The van der Waals surface area contributed by atoms with Gasteiger partial charge < -0.3 is 0 Å². The van der Waals surface area contributed by atoms with E-state index in [0.29, 0.717) is 6.42 Å². The Balaban J connectivity index is 2.05. The van der Waals surface area contributed by atoms with E-state index >= 15 is 0 Å². The lowest BCUT2D eigenvalue weighted by Gasteiger charge is -2.02. The summed E-state index contributed by atoms with van der Waals surface area (Å²) in [6, 6.07) is 0. The van der Waals surface area contributed by atoms with E-state index in [1.54, 1.807) is 4.68 Å². The molecule has 1 heterocycles. The molecule has 0 fully saturated rings. The molecule has 0 N–H and O–H groups in total. The summed E-state index contributed by atoms with van der Waals surface area (Å²) in [5.41, 5.74) is 0.973. The molecule has 0 radical (unpaired) electrons. The van der Waals surface area contributed by atoms with Crippen LogP contribution in [0, 0.1) is 0 Å². The minimum absolute atomic E-state index is 0.204. The molecule has 0 amide bonds. The van der Waals surface area contributed by atoms with Gasteiger partial charge in [-0.3, -0.25) is 4.79 Å². The van der Waals surface area contributed by atoms with Crippen LogP contribution >= 0.6 is 0 Å². The molecule has 0 unspecified atom stereocenters. The molecule has 0 saturated heterocycles. The van der Waals surface area contributed by atoms with Crippen molar-refractivity contribution < 1.29 is 4.79 Å². The Morgan fingerprint density at radius 2 is 2.47 bits per heavy atom. The van der Waals surface area contributed by atoms with Crippen molar-refractivity contribution in [3.8, 4) is 0 Å². The molecule has 4 nitrogen and oxygen atoms in total. The van der Waals surface area contributed by atoms with Crippen molar-refractivity contribution in [1.82, 2.24) is 14.8 Å². The number of hydrogen-bond donors (Lipinski definition) is 0. The average molecular weight is 205 g/mol. The third-order valence-electron chi connectivity index (χ3n) is 2.71. The molecule has 0 saturated carbocycles. The first-order valence-electron chi connectivity index (χ1n) is 5.40. The van der Waals surface area contributed by atoms with E-state index in [1.807, 2.05) is 6.92 Å². The van der Waals surface area contributed by atoms with E-state index in [1.165, 1.54) is 6.33 Å². The summed E-state index contributed by atoms with van der Waals surface area (Å²) in [6.07, 6.45) is 7.03. The molecule has 1 aliphatic carbocycles. The Bertz CT molecular complexity index is 392. The summed E-state index contributed by atoms with van der Waals surface area (Å²) in [4.78, 5) is 15.9. The SMILES string of the molecule is CCn1ncnc1CC(=O)C1=CCCC1. The van der Waals surface area contributed by atoms with E-state index in [0.717, 1.165) is 37.2 Å². The normalized spacial score (nSPS) is 15.4. The molecule has 1 aromatic heterocycles. The number of ketones is 1. The van der Waals surface area contributed by atoms with E-state index in [9.17, 15) is 4.79 Å². The van der Waals surface area contributed by atoms with Gasteiger partial charge in [0.25, 0.3) is 0 Å². The molecular weight excluding hydrogens is 190 g/mol. The topological polar surface area (TPSA) is 47.8 Å². The molecule has 15 heavy (non-hydrogen) atoms. The molecule has 80 valence electrons. The molecule has 1 aromatic rings. The fraction of sp³-hybridized carbons (Fsp3) is 0.545. The lowest BCUT2D eigenvalue weighted by Crippen LogP contribution is -2.11. The number of nitrogens with zero attached hydrogens (tertiary/aromatic N) is 3. The molecule has 0 bridgehead atoms. The minimum Gasteiger partial charge on any atom is -0.294 e. The van der Waals surface area contributed by atoms with Crippen LogP contribution in [0.15, 0.2) is 18.0 Å². The van der Waals surface area contributed by atoms with Crippen LogP contribution in [0.1, 0.15) is 32.0 Å². The maximum absolute atomic E-state index is 11.8. The van der Waals surface area contributed by atoms with E-state index in [-0.39, 0.29) is 5.78 Å². The summed E-state index contributed by atoms with van der Waals surface area (Å²) in [6.45, 7) is 2.76. The van der Waals surface area contributed by atoms with Crippen LogP contribution in [-0.2, 0) is 17.8 Å². The van der Waals surface area contributed by atoms with Crippen molar-refractivity contribution in [3.05, 3.63) is 23.8 Å². The predicted octanol–water partition coefficient (Wildman–Crippen LogP) is 1.52. The lowest BCUT2D eigenvalue weighted by molar-refractivity contribution is -0.115. The number of aryl methyl sites for hydroxylation is 1. The third kappa shape index (κ3) is 2.14. The van der Waals surface area contributed by atoms with Crippen molar-refractivity contribution in [1.29, 1.82) is 0 Å². The van der Waals surface area contributed by atoms with Crippen molar-refractivity contribution in [2.24, 2.45) is 0 Å². The summed E-state index contributed by atoms with van der Waals surface area (Å²) in [5.74, 6) is 0.977. The second kappa shape index (κ2) is 4.38. The van der Waals surface area contributed by atoms with Gasteiger partial charge in [0, 0.05) is 6.54 Å². The van der Waals surface area contributed by atoms with Crippen molar-refractivity contribution in [2.75, 3.05) is 0 Å². The Morgan fingerprint density at radius 3 is 3.13 bits per heavy atom. The zero-order valence-electron chi connectivity index (χ0n) is 8.94. The number of Topliss-reactive ketones (excluding diaryl/α,β-unsaturated/α-hetero) is 1. The minimum atomic E-state index is 0.204. The maximum Gasteiger partial charge on any atom is 0.166 e. The maximum atomic E-state index is 11.8. The van der Waals surface area contributed by atoms with Crippen molar-refractivity contribution in [2.45, 2.75) is 39.2 Å². The smallest absolute Gasteiger partial charge is 0.166 e. The van der Waals surface area contributed by atoms with Gasteiger partial charge in [-0.15, -0.1) is 0 Å². The van der Waals surface area contributed by atoms with Gasteiger partial charge in [-0.05, 0) is 31.8 Å². The highest BCUT2D eigenvalue weighted by molar-refractivity contribution is 5.96. The van der Waals surface area contributed by atoms with E-state index < -0.39 is 0 Å². The van der Waals surface area contributed by atoms with Gasteiger partial charge in [-0.2, -0.15) is 5.10 Å². The summed E-state index contributed by atoms with van der Waals surface area (Å²) in [5, 5.41) is 4.05. The Labute approximate surface area is 89.0 Å². The zero-order chi connectivity index (χ0) is 10.7. The highest BCUT2D eigenvalue weighted by Gasteiger charge is 2.16. The van der Waals surface area contributed by atoms with E-state index in [4.69, 9.17) is 0 Å². The largest absolute Gasteiger partial charge is 0.294 e. The number of carbonyl (C=O) groups excluding carboxylic acids is 1. The van der Waals surface area contributed by atoms with Crippen LogP contribution in [0.5, 0.6) is 0 Å². The molecular formula is C11H15N3O. The van der Waals surface area contributed by atoms with Crippen LogP contribution in [0.3, 0.4) is 0 Å². The Hall–Kier alpha value is -1.45. The van der Waals surface area contributed by atoms with Gasteiger partial charge in [0.1, 0.15) is 12.2 Å². The van der Waals surface area contributed by atoms with Gasteiger partial charge in [0.15, 0.2) is 5.78 Å². The monoisotopic (exact) mass is 205 g/mol. The van der Waals surface area contributed by atoms with Gasteiger partial charge in [-0.1, -0.05) is 6.08 Å². The number of allylic oxidation sites excluding steroid dienone is 2. The first-order valence-corrected chi connectivity index (χ1v) is 5.40. The molecule has 0 spiro atoms. The van der Waals surface area contributed by atoms with E-state index in [2.05, 4.69) is 16.2 Å². The highest BCUT2D eigenvalue weighted by Crippen LogP contribution is 2.19. The molecule has 2 rings (SSSR count). The van der Waals surface area contributed by atoms with Crippen LogP contribution < -0.4 is 0 Å². The second-order valence-electron chi connectivity index (χ2n) is 3.71. The van der Waals surface area contributed by atoms with Gasteiger partial charge in [0.05, 0.1) is 6.42 Å². The first-order chi connectivity index (χ1) is 7.31. The fourth-order valence-electron chi connectivity index (χ4n) is 1.87. The summed E-state index contributed by atoms with van der Waals surface area (Å²) < 4.78 is 1.77. The van der Waals surface area contributed by atoms with Gasteiger partial charge in [0.2, 0.25) is 0 Å². The molecule has 4 heteroatoms. The average Bonchev–Trinajstić information content (AvgIpc) is 2.87. The second-order valence-corrected chi connectivity index (χ2v) is 3.71. The predicted molar refractivity (Wildman–Crippen MR) is 56.3 cm³/mol. The number of carbonyl (C=O) groups is 1. The molecule has 0 aromatic carbocycles. The Kier molecular flexibility index (Phi) is 2.94. The van der Waals surface area contributed by atoms with Gasteiger partial charge >= 0.3 is 0 Å². The molecule has 1 aliphatic rings. The molecule has 0 aliphatic heterocycles. The number of rotatable bonds is 4. The summed E-state index contributed by atoms with van der Waals surface area (Å²) in [7, 11) is 0. The van der Waals surface area contributed by atoms with Gasteiger partial charge in [-0.25, -0.2) is 9.67 Å². The number of aromatic nitrogens is 3. The first kappa shape index (κ1) is 10.1. The summed E-state index contributed by atoms with van der Waals surface area (Å²) >= 11 is 0. The lowest BCUT2D eigenvalue weighted by atomic mass is 10.1. The highest BCUT2D eigenvalue weighted by atomic mass is 16.1. The zero-order valence-corrected chi connectivity index (χ0v) is 8.94. The molecule has 0 atom stereocenters. The standard InChI is InChI=1S/C11H15N3O/c1-2-14-11(12-8-13-14)7-10(15)9-5-3-4-6-9/h5,8H,2-4,6-7H2,1H3. The van der Waals surface area contributed by atoms with Crippen LogP contribution in [-0.4, -0.2) is 20.5 Å².